The van der Waals surface area contributed by atoms with Crippen LogP contribution in [0.3, 0.4) is 0 Å². The van der Waals surface area contributed by atoms with E-state index in [1.165, 1.54) is 17.0 Å². The summed E-state index contributed by atoms with van der Waals surface area (Å²) in [6, 6.07) is 14.7. The highest BCUT2D eigenvalue weighted by molar-refractivity contribution is 6.22. The first kappa shape index (κ1) is 15.4. The third kappa shape index (κ3) is 3.46. The molecule has 1 saturated heterocycles. The topological polar surface area (TPSA) is 49.4 Å². The molecule has 2 amide bonds. The minimum absolute atomic E-state index is 0.164. The second kappa shape index (κ2) is 6.71. The maximum atomic E-state index is 12.8. The van der Waals surface area contributed by atoms with E-state index in [9.17, 15) is 14.0 Å². The van der Waals surface area contributed by atoms with E-state index in [4.69, 9.17) is 0 Å². The van der Waals surface area contributed by atoms with Gasteiger partial charge in [-0.1, -0.05) is 30.3 Å². The standard InChI is InChI=1S/C18H17FN2O2/c19-14-8-6-13(7-9-14)10-11-20-16-12-17(22)21(18(16)23)15-4-2-1-3-5-15/h1-9,16,20H,10-12H2/t16-/m0/s1. The summed E-state index contributed by atoms with van der Waals surface area (Å²) in [7, 11) is 0. The first-order valence-corrected chi connectivity index (χ1v) is 7.55. The smallest absolute Gasteiger partial charge is 0.251 e. The van der Waals surface area contributed by atoms with E-state index >= 15 is 0 Å². The van der Waals surface area contributed by atoms with Crippen LogP contribution in [0, 0.1) is 5.82 Å². The van der Waals surface area contributed by atoms with Crippen LogP contribution in [0.5, 0.6) is 0 Å². The van der Waals surface area contributed by atoms with Gasteiger partial charge in [0.25, 0.3) is 5.91 Å². The molecule has 118 valence electrons. The summed E-state index contributed by atoms with van der Waals surface area (Å²) in [5, 5.41) is 3.12. The Kier molecular flexibility index (Phi) is 4.48. The molecular formula is C18H17FN2O2. The van der Waals surface area contributed by atoms with Crippen LogP contribution < -0.4 is 10.2 Å². The predicted molar refractivity (Wildman–Crippen MR) is 85.4 cm³/mol. The zero-order valence-electron chi connectivity index (χ0n) is 12.5. The molecule has 0 aliphatic carbocycles. The lowest BCUT2D eigenvalue weighted by atomic mass is 10.1. The van der Waals surface area contributed by atoms with Crippen LogP contribution in [0.25, 0.3) is 0 Å². The molecule has 2 aromatic carbocycles. The van der Waals surface area contributed by atoms with Gasteiger partial charge in [-0.3, -0.25) is 9.59 Å². The summed E-state index contributed by atoms with van der Waals surface area (Å²) in [4.78, 5) is 25.7. The summed E-state index contributed by atoms with van der Waals surface area (Å²) in [5.41, 5.74) is 1.58. The number of carbonyl (C=O) groups excluding carboxylic acids is 2. The third-order valence-corrected chi connectivity index (χ3v) is 3.88. The second-order valence-corrected chi connectivity index (χ2v) is 5.49. The highest BCUT2D eigenvalue weighted by Gasteiger charge is 2.38. The van der Waals surface area contributed by atoms with Crippen molar-refractivity contribution in [3.05, 3.63) is 66.0 Å². The first-order chi connectivity index (χ1) is 11.1. The SMILES string of the molecule is O=C1C[C@H](NCCc2ccc(F)cc2)C(=O)N1c1ccccc1. The van der Waals surface area contributed by atoms with E-state index in [1.807, 2.05) is 6.07 Å². The number of imide groups is 1. The Hall–Kier alpha value is -2.53. The molecule has 0 spiro atoms. The van der Waals surface area contributed by atoms with E-state index in [0.717, 1.165) is 5.56 Å². The zero-order chi connectivity index (χ0) is 16.2. The molecule has 1 aliphatic heterocycles. The first-order valence-electron chi connectivity index (χ1n) is 7.55. The van der Waals surface area contributed by atoms with Crippen LogP contribution in [0.15, 0.2) is 54.6 Å². The molecule has 0 bridgehead atoms. The fraction of sp³-hybridized carbons (Fsp3) is 0.222. The molecule has 0 aromatic heterocycles. The number of rotatable bonds is 5. The van der Waals surface area contributed by atoms with Crippen LogP contribution in [-0.2, 0) is 16.0 Å². The minimum Gasteiger partial charge on any atom is -0.305 e. The molecule has 1 fully saturated rings. The fourth-order valence-corrected chi connectivity index (χ4v) is 2.68. The van der Waals surface area contributed by atoms with Gasteiger partial charge in [-0.2, -0.15) is 0 Å². The molecule has 4 nitrogen and oxygen atoms in total. The van der Waals surface area contributed by atoms with Gasteiger partial charge in [0.05, 0.1) is 18.2 Å². The second-order valence-electron chi connectivity index (χ2n) is 5.49. The molecule has 3 rings (SSSR count). The molecular weight excluding hydrogens is 295 g/mol. The number of amides is 2. The van der Waals surface area contributed by atoms with Crippen molar-refractivity contribution >= 4 is 17.5 Å². The summed E-state index contributed by atoms with van der Waals surface area (Å²) >= 11 is 0. The number of para-hydroxylation sites is 1. The van der Waals surface area contributed by atoms with Crippen LogP contribution in [0.2, 0.25) is 0 Å². The Labute approximate surface area is 133 Å². The summed E-state index contributed by atoms with van der Waals surface area (Å²) in [6.07, 6.45) is 0.834. The average molecular weight is 312 g/mol. The Balaban J connectivity index is 1.58. The van der Waals surface area contributed by atoms with E-state index in [2.05, 4.69) is 5.32 Å². The van der Waals surface area contributed by atoms with Crippen molar-refractivity contribution in [3.8, 4) is 0 Å². The van der Waals surface area contributed by atoms with E-state index in [0.29, 0.717) is 18.7 Å². The lowest BCUT2D eigenvalue weighted by Crippen LogP contribution is -2.39. The van der Waals surface area contributed by atoms with Gasteiger partial charge >= 0.3 is 0 Å². The molecule has 0 unspecified atom stereocenters. The highest BCUT2D eigenvalue weighted by atomic mass is 19.1. The quantitative estimate of drug-likeness (QED) is 0.862. The largest absolute Gasteiger partial charge is 0.305 e. The third-order valence-electron chi connectivity index (χ3n) is 3.88. The van der Waals surface area contributed by atoms with Gasteiger partial charge in [-0.25, -0.2) is 9.29 Å². The maximum Gasteiger partial charge on any atom is 0.251 e. The van der Waals surface area contributed by atoms with E-state index in [1.54, 1.807) is 36.4 Å². The lowest BCUT2D eigenvalue weighted by Gasteiger charge is -2.15. The van der Waals surface area contributed by atoms with Crippen LogP contribution in [-0.4, -0.2) is 24.4 Å². The number of anilines is 1. The molecule has 5 heteroatoms. The van der Waals surface area contributed by atoms with Crippen molar-refractivity contribution in [2.45, 2.75) is 18.9 Å². The molecule has 0 saturated carbocycles. The van der Waals surface area contributed by atoms with Crippen molar-refractivity contribution in [1.82, 2.24) is 5.32 Å². The van der Waals surface area contributed by atoms with Gasteiger partial charge in [0.2, 0.25) is 5.91 Å². The Morgan fingerprint density at radius 3 is 2.43 bits per heavy atom. The van der Waals surface area contributed by atoms with Crippen LogP contribution >= 0.6 is 0 Å². The Morgan fingerprint density at radius 2 is 1.74 bits per heavy atom. The van der Waals surface area contributed by atoms with Gasteiger partial charge in [0, 0.05) is 0 Å². The Bertz CT molecular complexity index is 701. The molecule has 0 radical (unpaired) electrons. The zero-order valence-corrected chi connectivity index (χ0v) is 12.5. The summed E-state index contributed by atoms with van der Waals surface area (Å²) < 4.78 is 12.8. The summed E-state index contributed by atoms with van der Waals surface area (Å²) in [5.74, 6) is -0.683. The van der Waals surface area contributed by atoms with Gasteiger partial charge < -0.3 is 5.32 Å². The van der Waals surface area contributed by atoms with E-state index in [-0.39, 0.29) is 24.1 Å². The number of halogens is 1. The van der Waals surface area contributed by atoms with Crippen molar-refractivity contribution in [1.29, 1.82) is 0 Å². The summed E-state index contributed by atoms with van der Waals surface area (Å²) in [6.45, 7) is 0.554. The minimum atomic E-state index is -0.497. The average Bonchev–Trinajstić information content (AvgIpc) is 2.84. The number of carbonyl (C=O) groups is 2. The number of nitrogens with zero attached hydrogens (tertiary/aromatic N) is 1. The van der Waals surface area contributed by atoms with Crippen molar-refractivity contribution in [3.63, 3.8) is 0 Å². The molecule has 2 aromatic rings. The van der Waals surface area contributed by atoms with Gasteiger partial charge in [0.1, 0.15) is 5.82 Å². The highest BCUT2D eigenvalue weighted by Crippen LogP contribution is 2.22. The molecule has 1 heterocycles. The van der Waals surface area contributed by atoms with Gasteiger partial charge in [-0.05, 0) is 42.8 Å². The monoisotopic (exact) mass is 312 g/mol. The lowest BCUT2D eigenvalue weighted by molar-refractivity contribution is -0.121. The number of hydrogen-bond acceptors (Lipinski definition) is 3. The number of nitrogens with one attached hydrogen (secondary N) is 1. The number of benzene rings is 2. The number of hydrogen-bond donors (Lipinski definition) is 1. The van der Waals surface area contributed by atoms with Gasteiger partial charge in [-0.15, -0.1) is 0 Å². The van der Waals surface area contributed by atoms with Gasteiger partial charge in [0.15, 0.2) is 0 Å². The molecule has 1 N–H and O–H groups in total. The van der Waals surface area contributed by atoms with E-state index < -0.39 is 6.04 Å². The normalized spacial score (nSPS) is 17.8. The van der Waals surface area contributed by atoms with Crippen LogP contribution in [0.1, 0.15) is 12.0 Å². The van der Waals surface area contributed by atoms with Crippen molar-refractivity contribution in [2.24, 2.45) is 0 Å². The molecule has 23 heavy (non-hydrogen) atoms. The maximum absolute atomic E-state index is 12.8. The molecule has 1 aliphatic rings. The Morgan fingerprint density at radius 1 is 1.04 bits per heavy atom. The molecule has 1 atom stereocenters. The van der Waals surface area contributed by atoms with Crippen LogP contribution in [0.4, 0.5) is 10.1 Å². The predicted octanol–water partition coefficient (Wildman–Crippen LogP) is 2.29. The van der Waals surface area contributed by atoms with Crippen molar-refractivity contribution in [2.75, 3.05) is 11.4 Å². The fourth-order valence-electron chi connectivity index (χ4n) is 2.68. The van der Waals surface area contributed by atoms with Crippen molar-refractivity contribution < 1.29 is 14.0 Å².